The fraction of sp³-hybridized carbons (Fsp3) is 0.923. The highest BCUT2D eigenvalue weighted by atomic mass is 32.2. The number of hydrogen-bond donors (Lipinski definition) is 1. The second-order valence-corrected chi connectivity index (χ2v) is 6.76. The molecule has 17 heavy (non-hydrogen) atoms. The zero-order chi connectivity index (χ0) is 12.9. The molecule has 1 fully saturated rings. The Bertz CT molecular complexity index is 250. The maximum Gasteiger partial charge on any atom is 0.316 e. The van der Waals surface area contributed by atoms with E-state index in [9.17, 15) is 4.79 Å². The summed E-state index contributed by atoms with van der Waals surface area (Å²) in [7, 11) is 0. The average Bonchev–Trinajstić information content (AvgIpc) is 2.60. The Morgan fingerprint density at radius 2 is 2.12 bits per heavy atom. The van der Waals surface area contributed by atoms with Crippen molar-refractivity contribution in [1.29, 1.82) is 0 Å². The standard InChI is InChI=1S/C13H25NO2S/c1-5-14-10-7-6-8-11(10)17-9-12(15)16-13(2,3)4/h10-11,14H,5-9H2,1-4H3. The number of nitrogens with one attached hydrogen (secondary N) is 1. The molecule has 100 valence electrons. The molecule has 0 aromatic rings. The van der Waals surface area contributed by atoms with Gasteiger partial charge >= 0.3 is 5.97 Å². The summed E-state index contributed by atoms with van der Waals surface area (Å²) in [6, 6.07) is 0.576. The topological polar surface area (TPSA) is 38.3 Å². The molecule has 1 aliphatic carbocycles. The van der Waals surface area contributed by atoms with Gasteiger partial charge in [0.1, 0.15) is 5.60 Å². The van der Waals surface area contributed by atoms with E-state index in [0.717, 1.165) is 6.54 Å². The molecule has 0 aromatic carbocycles. The monoisotopic (exact) mass is 259 g/mol. The summed E-state index contributed by atoms with van der Waals surface area (Å²) in [5.41, 5.74) is -0.367. The summed E-state index contributed by atoms with van der Waals surface area (Å²) >= 11 is 1.74. The van der Waals surface area contributed by atoms with Gasteiger partial charge in [0.05, 0.1) is 5.75 Å². The molecule has 0 aliphatic heterocycles. The van der Waals surface area contributed by atoms with Gasteiger partial charge in [0.25, 0.3) is 0 Å². The van der Waals surface area contributed by atoms with E-state index in [-0.39, 0.29) is 11.6 Å². The number of thioether (sulfide) groups is 1. The van der Waals surface area contributed by atoms with Gasteiger partial charge in [0.15, 0.2) is 0 Å². The third kappa shape index (κ3) is 5.77. The van der Waals surface area contributed by atoms with Crippen LogP contribution in [0.1, 0.15) is 47.0 Å². The van der Waals surface area contributed by atoms with Crippen molar-refractivity contribution >= 4 is 17.7 Å². The third-order valence-electron chi connectivity index (χ3n) is 2.75. The van der Waals surface area contributed by atoms with E-state index in [1.807, 2.05) is 20.8 Å². The minimum absolute atomic E-state index is 0.0929. The van der Waals surface area contributed by atoms with E-state index in [0.29, 0.717) is 17.0 Å². The number of hydrogen-bond acceptors (Lipinski definition) is 4. The van der Waals surface area contributed by atoms with Gasteiger partial charge in [0.2, 0.25) is 0 Å². The van der Waals surface area contributed by atoms with Gasteiger partial charge in [-0.25, -0.2) is 0 Å². The molecule has 3 nitrogen and oxygen atoms in total. The molecule has 1 aliphatic rings. The lowest BCUT2D eigenvalue weighted by molar-refractivity contribution is -0.151. The van der Waals surface area contributed by atoms with Crippen LogP contribution < -0.4 is 5.32 Å². The van der Waals surface area contributed by atoms with Crippen LogP contribution in [0.3, 0.4) is 0 Å². The van der Waals surface area contributed by atoms with Gasteiger partial charge in [-0.2, -0.15) is 0 Å². The molecule has 0 heterocycles. The maximum absolute atomic E-state index is 11.6. The molecule has 1 rings (SSSR count). The zero-order valence-electron chi connectivity index (χ0n) is 11.4. The Hall–Kier alpha value is -0.220. The Morgan fingerprint density at radius 3 is 2.71 bits per heavy atom. The zero-order valence-corrected chi connectivity index (χ0v) is 12.2. The Kier molecular flexibility index (Phi) is 5.80. The van der Waals surface area contributed by atoms with Gasteiger partial charge < -0.3 is 10.1 Å². The summed E-state index contributed by atoms with van der Waals surface area (Å²) in [4.78, 5) is 11.6. The molecule has 1 saturated carbocycles. The number of ether oxygens (including phenoxy) is 1. The average molecular weight is 259 g/mol. The molecule has 0 bridgehead atoms. The predicted octanol–water partition coefficient (Wildman–Crippen LogP) is 2.59. The van der Waals surface area contributed by atoms with Crippen LogP contribution in [-0.2, 0) is 9.53 Å². The van der Waals surface area contributed by atoms with Crippen LogP contribution in [0.25, 0.3) is 0 Å². The third-order valence-corrected chi connectivity index (χ3v) is 4.15. The molecular weight excluding hydrogens is 234 g/mol. The van der Waals surface area contributed by atoms with Gasteiger partial charge in [-0.05, 0) is 40.2 Å². The predicted molar refractivity (Wildman–Crippen MR) is 73.4 cm³/mol. The van der Waals surface area contributed by atoms with Crippen molar-refractivity contribution in [2.24, 2.45) is 0 Å². The van der Waals surface area contributed by atoms with E-state index < -0.39 is 0 Å². The minimum atomic E-state index is -0.367. The van der Waals surface area contributed by atoms with E-state index in [1.165, 1.54) is 19.3 Å². The van der Waals surface area contributed by atoms with Crippen LogP contribution >= 0.6 is 11.8 Å². The van der Waals surface area contributed by atoms with E-state index >= 15 is 0 Å². The first-order chi connectivity index (χ1) is 7.92. The normalized spacial score (nSPS) is 24.9. The lowest BCUT2D eigenvalue weighted by Gasteiger charge is -2.22. The fourth-order valence-corrected chi connectivity index (χ4v) is 3.37. The van der Waals surface area contributed by atoms with Crippen LogP contribution in [-0.4, -0.2) is 35.2 Å². The second kappa shape index (κ2) is 6.64. The van der Waals surface area contributed by atoms with E-state index in [4.69, 9.17) is 4.74 Å². The van der Waals surface area contributed by atoms with Gasteiger partial charge in [-0.1, -0.05) is 13.3 Å². The quantitative estimate of drug-likeness (QED) is 0.770. The van der Waals surface area contributed by atoms with Crippen LogP contribution in [0, 0.1) is 0 Å². The van der Waals surface area contributed by atoms with Crippen LogP contribution in [0.4, 0.5) is 0 Å². The number of rotatable bonds is 5. The SMILES string of the molecule is CCNC1CCCC1SCC(=O)OC(C)(C)C. The largest absolute Gasteiger partial charge is 0.459 e. The number of carbonyl (C=O) groups excluding carboxylic acids is 1. The number of carbonyl (C=O) groups is 1. The molecule has 0 saturated heterocycles. The Balaban J connectivity index is 2.27. The smallest absolute Gasteiger partial charge is 0.316 e. The first-order valence-electron chi connectivity index (χ1n) is 6.49. The first kappa shape index (κ1) is 14.8. The highest BCUT2D eigenvalue weighted by molar-refractivity contribution is 8.00. The highest BCUT2D eigenvalue weighted by Crippen LogP contribution is 2.30. The van der Waals surface area contributed by atoms with Crippen molar-refractivity contribution in [3.63, 3.8) is 0 Å². The minimum Gasteiger partial charge on any atom is -0.459 e. The van der Waals surface area contributed by atoms with Crippen molar-refractivity contribution in [2.75, 3.05) is 12.3 Å². The van der Waals surface area contributed by atoms with E-state index in [2.05, 4.69) is 12.2 Å². The summed E-state index contributed by atoms with van der Waals surface area (Å²) < 4.78 is 5.31. The molecule has 0 radical (unpaired) electrons. The highest BCUT2D eigenvalue weighted by Gasteiger charge is 2.28. The Labute approximate surface area is 109 Å². The lowest BCUT2D eigenvalue weighted by atomic mass is 10.2. The van der Waals surface area contributed by atoms with Crippen LogP contribution in [0.2, 0.25) is 0 Å². The van der Waals surface area contributed by atoms with Crippen molar-refractivity contribution in [2.45, 2.75) is 63.9 Å². The lowest BCUT2D eigenvalue weighted by Crippen LogP contribution is -2.34. The van der Waals surface area contributed by atoms with Crippen molar-refractivity contribution in [3.8, 4) is 0 Å². The van der Waals surface area contributed by atoms with Crippen molar-refractivity contribution in [1.82, 2.24) is 5.32 Å². The molecule has 0 aromatic heterocycles. The molecule has 1 N–H and O–H groups in total. The fourth-order valence-electron chi connectivity index (χ4n) is 2.17. The molecule has 0 spiro atoms. The molecule has 0 amide bonds. The summed E-state index contributed by atoms with van der Waals surface area (Å²) in [6.45, 7) is 8.87. The van der Waals surface area contributed by atoms with Gasteiger partial charge in [0, 0.05) is 11.3 Å². The molecule has 2 atom stereocenters. The van der Waals surface area contributed by atoms with Crippen LogP contribution in [0.15, 0.2) is 0 Å². The van der Waals surface area contributed by atoms with Crippen molar-refractivity contribution < 1.29 is 9.53 Å². The summed E-state index contributed by atoms with van der Waals surface area (Å²) in [6.07, 6.45) is 3.72. The van der Waals surface area contributed by atoms with Gasteiger partial charge in [-0.15, -0.1) is 11.8 Å². The van der Waals surface area contributed by atoms with Gasteiger partial charge in [-0.3, -0.25) is 4.79 Å². The first-order valence-corrected chi connectivity index (χ1v) is 7.54. The summed E-state index contributed by atoms with van der Waals surface area (Å²) in [5.74, 6) is 0.383. The van der Waals surface area contributed by atoms with E-state index in [1.54, 1.807) is 11.8 Å². The maximum atomic E-state index is 11.6. The molecule has 2 unspecified atom stereocenters. The molecular formula is C13H25NO2S. The second-order valence-electron chi connectivity index (χ2n) is 5.53. The van der Waals surface area contributed by atoms with Crippen molar-refractivity contribution in [3.05, 3.63) is 0 Å². The summed E-state index contributed by atoms with van der Waals surface area (Å²) in [5, 5.41) is 4.07. The van der Waals surface area contributed by atoms with Crippen LogP contribution in [0.5, 0.6) is 0 Å². The number of esters is 1. The molecule has 4 heteroatoms. The Morgan fingerprint density at radius 1 is 1.41 bits per heavy atom.